The molecule has 1 aromatic carbocycles. The van der Waals surface area contributed by atoms with Crippen LogP contribution in [-0.2, 0) is 22.6 Å². The van der Waals surface area contributed by atoms with Gasteiger partial charge in [0.2, 0.25) is 5.91 Å². The molecular weight excluding hydrogens is 314 g/mol. The monoisotopic (exact) mass is 335 g/mol. The van der Waals surface area contributed by atoms with Crippen LogP contribution in [0.2, 0.25) is 5.02 Å². The van der Waals surface area contributed by atoms with Crippen molar-refractivity contribution in [2.24, 2.45) is 0 Å². The Balaban J connectivity index is 1.46. The highest BCUT2D eigenvalue weighted by molar-refractivity contribution is 6.30. The molecule has 2 aromatic rings. The molecule has 0 aliphatic carbocycles. The number of benzene rings is 1. The molecule has 0 radical (unpaired) electrons. The maximum atomic E-state index is 11.7. The number of halogens is 1. The maximum absolute atomic E-state index is 11.7. The highest BCUT2D eigenvalue weighted by Gasteiger charge is 2.02. The molecule has 0 aliphatic rings. The first-order valence-corrected chi connectivity index (χ1v) is 8.23. The summed E-state index contributed by atoms with van der Waals surface area (Å²) in [5.41, 5.74) is 1.20. The minimum absolute atomic E-state index is 0.0880. The van der Waals surface area contributed by atoms with Crippen LogP contribution in [0.25, 0.3) is 0 Å². The Morgan fingerprint density at radius 3 is 2.74 bits per heavy atom. The second-order valence-electron chi connectivity index (χ2n) is 5.32. The molecule has 1 heterocycles. The predicted octanol–water partition coefficient (Wildman–Crippen LogP) is 3.98. The highest BCUT2D eigenvalue weighted by Crippen LogP contribution is 2.11. The van der Waals surface area contributed by atoms with E-state index in [1.165, 1.54) is 5.56 Å². The number of carbonyl (C=O) groups is 1. The van der Waals surface area contributed by atoms with Crippen LogP contribution >= 0.6 is 11.6 Å². The van der Waals surface area contributed by atoms with Gasteiger partial charge in [-0.3, -0.25) is 4.79 Å². The molecule has 0 fully saturated rings. The van der Waals surface area contributed by atoms with E-state index in [0.29, 0.717) is 26.2 Å². The van der Waals surface area contributed by atoms with Crippen molar-refractivity contribution in [1.29, 1.82) is 0 Å². The van der Waals surface area contributed by atoms with Crippen molar-refractivity contribution in [2.45, 2.75) is 32.3 Å². The van der Waals surface area contributed by atoms with Gasteiger partial charge in [0.05, 0.1) is 6.26 Å². The van der Waals surface area contributed by atoms with Crippen molar-refractivity contribution in [2.75, 3.05) is 13.2 Å². The molecule has 4 nitrogen and oxygen atoms in total. The molecule has 0 atom stereocenters. The first-order valence-electron chi connectivity index (χ1n) is 7.85. The summed E-state index contributed by atoms with van der Waals surface area (Å²) in [5, 5.41) is 3.65. The lowest BCUT2D eigenvalue weighted by atomic mass is 10.1. The smallest absolute Gasteiger partial charge is 0.220 e. The fourth-order valence-corrected chi connectivity index (χ4v) is 2.29. The Kier molecular flexibility index (Phi) is 7.70. The van der Waals surface area contributed by atoms with E-state index in [9.17, 15) is 4.79 Å². The molecule has 5 heteroatoms. The van der Waals surface area contributed by atoms with Gasteiger partial charge < -0.3 is 14.5 Å². The standard InChI is InChI=1S/C18H22ClNO3/c19-16-9-7-15(8-10-16)4-1-6-18(21)20-11-3-12-22-14-17-5-2-13-23-17/h2,5,7-10,13H,1,3-4,6,11-12,14H2,(H,20,21). The Labute approximate surface area is 141 Å². The molecule has 0 bridgehead atoms. The molecule has 1 N–H and O–H groups in total. The normalized spacial score (nSPS) is 10.7. The summed E-state index contributed by atoms with van der Waals surface area (Å²) in [4.78, 5) is 11.7. The molecule has 1 aromatic heterocycles. The fourth-order valence-electron chi connectivity index (χ4n) is 2.16. The van der Waals surface area contributed by atoms with Crippen LogP contribution in [0.3, 0.4) is 0 Å². The highest BCUT2D eigenvalue weighted by atomic mass is 35.5. The van der Waals surface area contributed by atoms with E-state index in [2.05, 4.69) is 5.32 Å². The Morgan fingerprint density at radius 1 is 1.17 bits per heavy atom. The van der Waals surface area contributed by atoms with Gasteiger partial charge in [0.1, 0.15) is 12.4 Å². The van der Waals surface area contributed by atoms with Crippen molar-refractivity contribution < 1.29 is 13.9 Å². The van der Waals surface area contributed by atoms with Gasteiger partial charge in [-0.15, -0.1) is 0 Å². The summed E-state index contributed by atoms with van der Waals surface area (Å²) >= 11 is 5.84. The van der Waals surface area contributed by atoms with Gasteiger partial charge in [-0.05, 0) is 49.1 Å². The van der Waals surface area contributed by atoms with Gasteiger partial charge in [0, 0.05) is 24.6 Å². The van der Waals surface area contributed by atoms with Crippen LogP contribution in [-0.4, -0.2) is 19.1 Å². The van der Waals surface area contributed by atoms with E-state index in [-0.39, 0.29) is 5.91 Å². The third-order valence-electron chi connectivity index (χ3n) is 3.39. The minimum atomic E-state index is 0.0880. The SMILES string of the molecule is O=C(CCCc1ccc(Cl)cc1)NCCCOCc1ccco1. The van der Waals surface area contributed by atoms with Gasteiger partial charge >= 0.3 is 0 Å². The number of aryl methyl sites for hydroxylation is 1. The lowest BCUT2D eigenvalue weighted by Crippen LogP contribution is -2.25. The topological polar surface area (TPSA) is 51.5 Å². The molecule has 0 saturated carbocycles. The lowest BCUT2D eigenvalue weighted by molar-refractivity contribution is -0.121. The van der Waals surface area contributed by atoms with Gasteiger partial charge in [-0.1, -0.05) is 23.7 Å². The van der Waals surface area contributed by atoms with Crippen molar-refractivity contribution in [1.82, 2.24) is 5.32 Å². The quantitative estimate of drug-likeness (QED) is 0.668. The summed E-state index contributed by atoms with van der Waals surface area (Å²) < 4.78 is 10.6. The first-order chi connectivity index (χ1) is 11.2. The summed E-state index contributed by atoms with van der Waals surface area (Å²) in [6.07, 6.45) is 4.68. The summed E-state index contributed by atoms with van der Waals surface area (Å²) in [6.45, 7) is 1.71. The molecular formula is C18H22ClNO3. The Bertz CT molecular complexity index is 566. The van der Waals surface area contributed by atoms with Crippen LogP contribution in [0, 0.1) is 0 Å². The molecule has 124 valence electrons. The van der Waals surface area contributed by atoms with E-state index in [4.69, 9.17) is 20.8 Å². The molecule has 0 aliphatic heterocycles. The number of furan rings is 1. The number of carbonyl (C=O) groups excluding carboxylic acids is 1. The largest absolute Gasteiger partial charge is 0.467 e. The van der Waals surface area contributed by atoms with Crippen LogP contribution in [0.5, 0.6) is 0 Å². The van der Waals surface area contributed by atoms with Crippen molar-refractivity contribution >= 4 is 17.5 Å². The van der Waals surface area contributed by atoms with Crippen molar-refractivity contribution in [3.05, 3.63) is 59.0 Å². The van der Waals surface area contributed by atoms with Gasteiger partial charge in [0.15, 0.2) is 0 Å². The van der Waals surface area contributed by atoms with Gasteiger partial charge in [0.25, 0.3) is 0 Å². The van der Waals surface area contributed by atoms with E-state index in [1.807, 2.05) is 36.4 Å². The lowest BCUT2D eigenvalue weighted by Gasteiger charge is -2.06. The zero-order valence-electron chi connectivity index (χ0n) is 13.1. The third kappa shape index (κ3) is 7.35. The second kappa shape index (κ2) is 10.1. The van der Waals surface area contributed by atoms with E-state index in [1.54, 1.807) is 6.26 Å². The van der Waals surface area contributed by atoms with E-state index in [0.717, 1.165) is 30.0 Å². The van der Waals surface area contributed by atoms with Gasteiger partial charge in [-0.25, -0.2) is 0 Å². The molecule has 0 saturated heterocycles. The molecule has 23 heavy (non-hydrogen) atoms. The predicted molar refractivity (Wildman–Crippen MR) is 90.4 cm³/mol. The molecule has 2 rings (SSSR count). The number of nitrogens with one attached hydrogen (secondary N) is 1. The number of hydrogen-bond acceptors (Lipinski definition) is 3. The second-order valence-corrected chi connectivity index (χ2v) is 5.75. The van der Waals surface area contributed by atoms with E-state index < -0.39 is 0 Å². The maximum Gasteiger partial charge on any atom is 0.220 e. The average Bonchev–Trinajstić information content (AvgIpc) is 3.06. The van der Waals surface area contributed by atoms with E-state index >= 15 is 0 Å². The number of amides is 1. The van der Waals surface area contributed by atoms with Crippen LogP contribution in [0.1, 0.15) is 30.6 Å². The Hall–Kier alpha value is -1.78. The van der Waals surface area contributed by atoms with Crippen LogP contribution in [0.15, 0.2) is 47.1 Å². The zero-order valence-corrected chi connectivity index (χ0v) is 13.8. The molecule has 0 unspecified atom stereocenters. The Morgan fingerprint density at radius 2 is 2.00 bits per heavy atom. The van der Waals surface area contributed by atoms with Crippen molar-refractivity contribution in [3.63, 3.8) is 0 Å². The zero-order chi connectivity index (χ0) is 16.3. The summed E-state index contributed by atoms with van der Waals surface area (Å²) in [5.74, 6) is 0.904. The van der Waals surface area contributed by atoms with Crippen molar-refractivity contribution in [3.8, 4) is 0 Å². The third-order valence-corrected chi connectivity index (χ3v) is 3.65. The minimum Gasteiger partial charge on any atom is -0.467 e. The molecule has 0 spiro atoms. The number of hydrogen-bond donors (Lipinski definition) is 1. The first kappa shape index (κ1) is 17.6. The number of ether oxygens (including phenoxy) is 1. The average molecular weight is 336 g/mol. The fraction of sp³-hybridized carbons (Fsp3) is 0.389. The summed E-state index contributed by atoms with van der Waals surface area (Å²) in [6, 6.07) is 11.5. The van der Waals surface area contributed by atoms with Crippen LogP contribution < -0.4 is 5.32 Å². The van der Waals surface area contributed by atoms with Crippen LogP contribution in [0.4, 0.5) is 0 Å². The molecule has 1 amide bonds. The summed E-state index contributed by atoms with van der Waals surface area (Å²) in [7, 11) is 0. The van der Waals surface area contributed by atoms with Gasteiger partial charge in [-0.2, -0.15) is 0 Å². The number of rotatable bonds is 10.